The molecule has 1 N–H and O–H groups in total. The number of hydrogen-bond acceptors (Lipinski definition) is 4. The number of anilines is 1. The van der Waals surface area contributed by atoms with Gasteiger partial charge < -0.3 is 10.1 Å². The monoisotopic (exact) mass is 293 g/mol. The van der Waals surface area contributed by atoms with E-state index in [0.717, 1.165) is 24.6 Å². The van der Waals surface area contributed by atoms with Crippen LogP contribution in [-0.2, 0) is 6.42 Å². The summed E-state index contributed by atoms with van der Waals surface area (Å²) >= 11 is 0. The Kier molecular flexibility index (Phi) is 5.03. The number of nitrogens with zero attached hydrogens (tertiary/aromatic N) is 2. The van der Waals surface area contributed by atoms with Crippen LogP contribution >= 0.6 is 0 Å². The highest BCUT2D eigenvalue weighted by atomic mass is 19.1. The van der Waals surface area contributed by atoms with Crippen molar-refractivity contribution in [2.75, 3.05) is 11.9 Å². The van der Waals surface area contributed by atoms with Gasteiger partial charge >= 0.3 is 0 Å². The van der Waals surface area contributed by atoms with Crippen molar-refractivity contribution in [2.24, 2.45) is 0 Å². The Morgan fingerprint density at radius 2 is 1.95 bits per heavy atom. The van der Waals surface area contributed by atoms with Crippen molar-refractivity contribution in [3.8, 4) is 11.6 Å². The summed E-state index contributed by atoms with van der Waals surface area (Å²) in [4.78, 5) is 8.53. The van der Waals surface area contributed by atoms with Gasteiger partial charge in [0.25, 0.3) is 0 Å². The Morgan fingerprint density at radius 3 is 2.67 bits per heavy atom. The van der Waals surface area contributed by atoms with Crippen LogP contribution in [0.1, 0.15) is 26.1 Å². The predicted octanol–water partition coefficient (Wildman–Crippen LogP) is 3.93. The molecular formula is C15H17F2N3O. The first kappa shape index (κ1) is 15.2. The maximum absolute atomic E-state index is 13.6. The van der Waals surface area contributed by atoms with E-state index < -0.39 is 11.6 Å². The lowest BCUT2D eigenvalue weighted by Crippen LogP contribution is -2.05. The fourth-order valence-electron chi connectivity index (χ4n) is 1.80. The van der Waals surface area contributed by atoms with Crippen molar-refractivity contribution in [3.05, 3.63) is 41.7 Å². The molecule has 21 heavy (non-hydrogen) atoms. The van der Waals surface area contributed by atoms with Crippen LogP contribution in [0.15, 0.2) is 24.3 Å². The van der Waals surface area contributed by atoms with Crippen LogP contribution in [0.4, 0.5) is 14.6 Å². The Labute approximate surface area is 122 Å². The molecule has 6 heteroatoms. The molecule has 112 valence electrons. The normalized spacial score (nSPS) is 10.5. The number of aromatic nitrogens is 2. The second kappa shape index (κ2) is 6.97. The Morgan fingerprint density at radius 1 is 1.14 bits per heavy atom. The highest BCUT2D eigenvalue weighted by Crippen LogP contribution is 2.25. The molecule has 0 amide bonds. The molecule has 1 aromatic heterocycles. The molecule has 2 rings (SSSR count). The lowest BCUT2D eigenvalue weighted by molar-refractivity contribution is 0.420. The van der Waals surface area contributed by atoms with Gasteiger partial charge in [-0.05, 0) is 25.5 Å². The van der Waals surface area contributed by atoms with Gasteiger partial charge in [-0.25, -0.2) is 13.8 Å². The highest BCUT2D eigenvalue weighted by Gasteiger charge is 2.10. The number of rotatable bonds is 6. The molecule has 1 heterocycles. The van der Waals surface area contributed by atoms with Crippen LogP contribution in [0.2, 0.25) is 0 Å². The van der Waals surface area contributed by atoms with Gasteiger partial charge in [-0.15, -0.1) is 0 Å². The van der Waals surface area contributed by atoms with Crippen LogP contribution < -0.4 is 10.1 Å². The molecule has 0 aliphatic heterocycles. The molecule has 2 aromatic rings. The standard InChI is InChI=1S/C15H17F2N3O/c1-3-5-13-19-14(18-4-2)9-15(20-13)21-12-8-10(16)6-7-11(12)17/h6-9H,3-5H2,1-2H3,(H,18,19,20). The van der Waals surface area contributed by atoms with Crippen LogP contribution in [-0.4, -0.2) is 16.5 Å². The van der Waals surface area contributed by atoms with Crippen LogP contribution in [0, 0.1) is 11.6 Å². The molecule has 0 aliphatic carbocycles. The van der Waals surface area contributed by atoms with Gasteiger partial charge in [0.05, 0.1) is 0 Å². The van der Waals surface area contributed by atoms with Crippen LogP contribution in [0.25, 0.3) is 0 Å². The summed E-state index contributed by atoms with van der Waals surface area (Å²) in [5.74, 6) is -0.0174. The number of halogens is 2. The summed E-state index contributed by atoms with van der Waals surface area (Å²) < 4.78 is 32.1. The van der Waals surface area contributed by atoms with Crippen molar-refractivity contribution in [1.82, 2.24) is 9.97 Å². The van der Waals surface area contributed by atoms with Crippen molar-refractivity contribution >= 4 is 5.82 Å². The first-order chi connectivity index (χ1) is 10.1. The van der Waals surface area contributed by atoms with Crippen LogP contribution in [0.5, 0.6) is 11.6 Å². The lowest BCUT2D eigenvalue weighted by atomic mass is 10.3. The SMILES string of the molecule is CCCc1nc(NCC)cc(Oc2cc(F)ccc2F)n1. The van der Waals surface area contributed by atoms with E-state index in [9.17, 15) is 8.78 Å². The van der Waals surface area contributed by atoms with Crippen molar-refractivity contribution in [3.63, 3.8) is 0 Å². The summed E-state index contributed by atoms with van der Waals surface area (Å²) in [7, 11) is 0. The van der Waals surface area contributed by atoms with E-state index in [1.54, 1.807) is 6.07 Å². The van der Waals surface area contributed by atoms with Crippen molar-refractivity contribution in [1.29, 1.82) is 0 Å². The van der Waals surface area contributed by atoms with Gasteiger partial charge in [0.1, 0.15) is 17.5 Å². The second-order valence-electron chi connectivity index (χ2n) is 4.46. The van der Waals surface area contributed by atoms with E-state index in [-0.39, 0.29) is 11.6 Å². The van der Waals surface area contributed by atoms with E-state index in [1.807, 2.05) is 13.8 Å². The number of nitrogens with one attached hydrogen (secondary N) is 1. The largest absolute Gasteiger partial charge is 0.436 e. The summed E-state index contributed by atoms with van der Waals surface area (Å²) in [6.45, 7) is 4.64. The smallest absolute Gasteiger partial charge is 0.224 e. The molecule has 0 aliphatic rings. The second-order valence-corrected chi connectivity index (χ2v) is 4.46. The van der Waals surface area contributed by atoms with Gasteiger partial charge in [-0.2, -0.15) is 4.98 Å². The zero-order chi connectivity index (χ0) is 15.2. The number of hydrogen-bond donors (Lipinski definition) is 1. The average molecular weight is 293 g/mol. The Hall–Kier alpha value is -2.24. The number of benzene rings is 1. The molecule has 1 aromatic carbocycles. The molecule has 0 saturated carbocycles. The summed E-state index contributed by atoms with van der Waals surface area (Å²) in [5, 5.41) is 3.06. The van der Waals surface area contributed by atoms with E-state index in [4.69, 9.17) is 4.74 Å². The molecule has 0 saturated heterocycles. The molecule has 0 bridgehead atoms. The van der Waals surface area contributed by atoms with E-state index in [0.29, 0.717) is 24.6 Å². The molecule has 4 nitrogen and oxygen atoms in total. The van der Waals surface area contributed by atoms with Gasteiger partial charge in [0, 0.05) is 25.1 Å². The average Bonchev–Trinajstić information content (AvgIpc) is 2.43. The first-order valence-electron chi connectivity index (χ1n) is 6.87. The maximum Gasteiger partial charge on any atom is 0.224 e. The van der Waals surface area contributed by atoms with Gasteiger partial charge in [-0.3, -0.25) is 0 Å². The van der Waals surface area contributed by atoms with Crippen molar-refractivity contribution in [2.45, 2.75) is 26.7 Å². The summed E-state index contributed by atoms with van der Waals surface area (Å²) in [6, 6.07) is 4.61. The molecule has 0 unspecified atom stereocenters. The molecule has 0 fully saturated rings. The van der Waals surface area contributed by atoms with Crippen LogP contribution in [0.3, 0.4) is 0 Å². The van der Waals surface area contributed by atoms with Gasteiger partial charge in [-0.1, -0.05) is 6.92 Å². The van der Waals surface area contributed by atoms with Gasteiger partial charge in [0.2, 0.25) is 5.88 Å². The topological polar surface area (TPSA) is 47.0 Å². The third-order valence-electron chi connectivity index (χ3n) is 2.69. The minimum atomic E-state index is -0.642. The number of ether oxygens (including phenoxy) is 1. The molecule has 0 spiro atoms. The zero-order valence-electron chi connectivity index (χ0n) is 12.0. The third kappa shape index (κ3) is 4.11. The van der Waals surface area contributed by atoms with E-state index in [1.165, 1.54) is 0 Å². The van der Waals surface area contributed by atoms with Crippen molar-refractivity contribution < 1.29 is 13.5 Å². The molecule has 0 atom stereocenters. The number of aryl methyl sites for hydroxylation is 1. The highest BCUT2D eigenvalue weighted by molar-refractivity contribution is 5.40. The summed E-state index contributed by atoms with van der Waals surface area (Å²) in [5.41, 5.74) is 0. The van der Waals surface area contributed by atoms with Gasteiger partial charge in [0.15, 0.2) is 11.6 Å². The summed E-state index contributed by atoms with van der Waals surface area (Å²) in [6.07, 6.45) is 1.56. The quantitative estimate of drug-likeness (QED) is 0.876. The zero-order valence-corrected chi connectivity index (χ0v) is 12.0. The predicted molar refractivity (Wildman–Crippen MR) is 76.6 cm³/mol. The first-order valence-corrected chi connectivity index (χ1v) is 6.87. The Balaban J connectivity index is 2.31. The maximum atomic E-state index is 13.6. The fraction of sp³-hybridized carbons (Fsp3) is 0.333. The fourth-order valence-corrected chi connectivity index (χ4v) is 1.80. The molecular weight excluding hydrogens is 276 g/mol. The third-order valence-corrected chi connectivity index (χ3v) is 2.69. The Bertz CT molecular complexity index is 596. The van der Waals surface area contributed by atoms with E-state index in [2.05, 4.69) is 15.3 Å². The minimum Gasteiger partial charge on any atom is -0.436 e. The van der Waals surface area contributed by atoms with E-state index >= 15 is 0 Å². The minimum absolute atomic E-state index is 0.189. The molecule has 0 radical (unpaired) electrons. The lowest BCUT2D eigenvalue weighted by Gasteiger charge is -2.10.